The minimum absolute atomic E-state index is 0.0606. The van der Waals surface area contributed by atoms with Crippen molar-refractivity contribution in [2.45, 2.75) is 26.4 Å². The van der Waals surface area contributed by atoms with Crippen LogP contribution in [0.15, 0.2) is 70.2 Å². The highest BCUT2D eigenvalue weighted by Gasteiger charge is 2.17. The smallest absolute Gasteiger partial charge is 0.237 e. The highest BCUT2D eigenvalue weighted by Crippen LogP contribution is 2.37. The van der Waals surface area contributed by atoms with E-state index in [1.54, 1.807) is 25.3 Å². The predicted octanol–water partition coefficient (Wildman–Crippen LogP) is 8.20. The van der Waals surface area contributed by atoms with Gasteiger partial charge in [-0.1, -0.05) is 90.3 Å². The number of hydrogen-bond acceptors (Lipinski definition) is 4. The Balaban J connectivity index is 2.13. The van der Waals surface area contributed by atoms with E-state index in [1.165, 1.54) is 18.2 Å². The summed E-state index contributed by atoms with van der Waals surface area (Å²) in [5.74, 6) is -0.258. The zero-order valence-corrected chi connectivity index (χ0v) is 22.4. The summed E-state index contributed by atoms with van der Waals surface area (Å²) in [7, 11) is -3.83. The number of halogens is 4. The van der Waals surface area contributed by atoms with E-state index in [0.717, 1.165) is 11.3 Å². The van der Waals surface area contributed by atoms with Gasteiger partial charge >= 0.3 is 0 Å². The highest BCUT2D eigenvalue weighted by atomic mass is 35.5. The molecule has 0 radical (unpaired) electrons. The molecule has 0 amide bonds. The van der Waals surface area contributed by atoms with Crippen LogP contribution >= 0.6 is 46.4 Å². The van der Waals surface area contributed by atoms with Gasteiger partial charge < -0.3 is 4.74 Å². The zero-order valence-electron chi connectivity index (χ0n) is 18.6. The van der Waals surface area contributed by atoms with E-state index in [4.69, 9.17) is 51.1 Å². The molecule has 0 bridgehead atoms. The second-order valence-corrected chi connectivity index (χ2v) is 10.5. The molecule has 0 fully saturated rings. The topological polar surface area (TPSA) is 67.8 Å². The Morgan fingerprint density at radius 2 is 1.85 bits per heavy atom. The van der Waals surface area contributed by atoms with Crippen molar-refractivity contribution in [1.82, 2.24) is 0 Å². The lowest BCUT2D eigenvalue weighted by atomic mass is 10.2. The lowest BCUT2D eigenvalue weighted by Gasteiger charge is -2.15. The summed E-state index contributed by atoms with van der Waals surface area (Å²) in [5.41, 5.74) is 1.80. The van der Waals surface area contributed by atoms with E-state index >= 15 is 0 Å². The molecule has 2 aromatic carbocycles. The average molecular weight is 562 g/mol. The number of nitrogens with one attached hydrogen (secondary N) is 1. The maximum absolute atomic E-state index is 12.5. The molecule has 0 aliphatic heterocycles. The molecular formula is C24H24Cl4N2O3S. The van der Waals surface area contributed by atoms with E-state index in [9.17, 15) is 8.42 Å². The van der Waals surface area contributed by atoms with Crippen molar-refractivity contribution in [3.05, 3.63) is 80.8 Å². The Kier molecular flexibility index (Phi) is 11.0. The van der Waals surface area contributed by atoms with Crippen LogP contribution in [0.5, 0.6) is 5.75 Å². The van der Waals surface area contributed by atoms with Gasteiger partial charge in [0, 0.05) is 16.3 Å². The Bertz CT molecular complexity index is 1200. The molecule has 0 aliphatic carbocycles. The van der Waals surface area contributed by atoms with Crippen LogP contribution in [0.1, 0.15) is 25.8 Å². The van der Waals surface area contributed by atoms with Gasteiger partial charge in [0.05, 0.1) is 21.4 Å². The van der Waals surface area contributed by atoms with Crippen molar-refractivity contribution >= 4 is 80.1 Å². The molecule has 0 saturated heterocycles. The van der Waals surface area contributed by atoms with Gasteiger partial charge in [0.15, 0.2) is 5.75 Å². The molecule has 2 aromatic rings. The number of ether oxygens (including phenoxy) is 1. The first-order valence-electron chi connectivity index (χ1n) is 10.2. The first-order valence-corrected chi connectivity index (χ1v) is 13.3. The Morgan fingerprint density at radius 3 is 2.47 bits per heavy atom. The van der Waals surface area contributed by atoms with Crippen LogP contribution in [0, 0.1) is 0 Å². The molecule has 5 nitrogen and oxygen atoms in total. The molecule has 0 heterocycles. The van der Waals surface area contributed by atoms with Crippen molar-refractivity contribution in [1.29, 1.82) is 0 Å². The first-order chi connectivity index (χ1) is 16.0. The van der Waals surface area contributed by atoms with Gasteiger partial charge in [-0.15, -0.1) is 0 Å². The average Bonchev–Trinajstić information content (AvgIpc) is 2.74. The largest absolute Gasteiger partial charge is 0.482 e. The van der Waals surface area contributed by atoms with Crippen LogP contribution in [0.4, 0.5) is 11.4 Å². The van der Waals surface area contributed by atoms with Gasteiger partial charge in [-0.3, -0.25) is 9.71 Å². The molecule has 0 aliphatic rings. The standard InChI is InChI=1S/C24H24Cl4N2O3S/c1-4-8-18(25)11-19(26)15-34(31,32)30-20-12-21(27)24(22(28)13-20)33-16(3)14-29-23-10-7-6-9-17(23)5-2/h5-14,16,30H,2,4,15H2,1,3H3/b18-8+,19-11+,29-14?. The zero-order chi connectivity index (χ0) is 25.3. The molecule has 0 spiro atoms. The van der Waals surface area contributed by atoms with Crippen molar-refractivity contribution in [3.8, 4) is 5.75 Å². The minimum atomic E-state index is -3.83. The van der Waals surface area contributed by atoms with E-state index in [-0.39, 0.29) is 26.5 Å². The molecular weight excluding hydrogens is 538 g/mol. The van der Waals surface area contributed by atoms with Crippen LogP contribution < -0.4 is 9.46 Å². The number of sulfonamides is 1. The SMILES string of the molecule is C=Cc1ccccc1N=CC(C)Oc1c(Cl)cc(NS(=O)(=O)C/C(Cl)=C\C(Cl)=C/CC)cc1Cl. The maximum Gasteiger partial charge on any atom is 0.237 e. The molecule has 1 N–H and O–H groups in total. The fraction of sp³-hybridized carbons (Fsp3) is 0.208. The Labute approximate surface area is 220 Å². The fourth-order valence-electron chi connectivity index (χ4n) is 2.75. The Hall–Kier alpha value is -1.96. The van der Waals surface area contributed by atoms with Crippen LogP contribution in [0.2, 0.25) is 10.0 Å². The summed E-state index contributed by atoms with van der Waals surface area (Å²) in [6.07, 6.45) is 6.65. The number of rotatable bonds is 11. The van der Waals surface area contributed by atoms with Crippen LogP contribution in [-0.2, 0) is 10.0 Å². The summed E-state index contributed by atoms with van der Waals surface area (Å²) in [4.78, 5) is 4.43. The van der Waals surface area contributed by atoms with Crippen LogP contribution in [0.3, 0.4) is 0 Å². The van der Waals surface area contributed by atoms with E-state index in [1.807, 2.05) is 31.2 Å². The van der Waals surface area contributed by atoms with Gasteiger partial charge in [0.25, 0.3) is 0 Å². The van der Waals surface area contributed by atoms with Crippen molar-refractivity contribution < 1.29 is 13.2 Å². The number of allylic oxidation sites excluding steroid dienone is 3. The second-order valence-electron chi connectivity index (χ2n) is 7.08. The normalized spacial score (nSPS) is 13.7. The Morgan fingerprint density at radius 1 is 1.21 bits per heavy atom. The molecule has 1 atom stereocenters. The quantitative estimate of drug-likeness (QED) is 0.222. The molecule has 10 heteroatoms. The van der Waals surface area contributed by atoms with Gasteiger partial charge in [-0.05, 0) is 43.2 Å². The molecule has 1 unspecified atom stereocenters. The number of benzene rings is 2. The third-order valence-corrected chi connectivity index (χ3v) is 6.64. The molecule has 182 valence electrons. The second kappa shape index (κ2) is 13.2. The van der Waals surface area contributed by atoms with Gasteiger partial charge in [-0.25, -0.2) is 8.42 Å². The maximum atomic E-state index is 12.5. The van der Waals surface area contributed by atoms with E-state index in [2.05, 4.69) is 16.3 Å². The third kappa shape index (κ3) is 9.01. The lowest BCUT2D eigenvalue weighted by molar-refractivity contribution is 0.292. The molecule has 2 rings (SSSR count). The predicted molar refractivity (Wildman–Crippen MR) is 147 cm³/mol. The fourth-order valence-corrected chi connectivity index (χ4v) is 5.22. The lowest BCUT2D eigenvalue weighted by Crippen LogP contribution is -2.17. The number of aliphatic imine (C=N–C) groups is 1. The van der Waals surface area contributed by atoms with E-state index < -0.39 is 21.9 Å². The summed E-state index contributed by atoms with van der Waals surface area (Å²) in [6.45, 7) is 7.45. The molecule has 0 saturated carbocycles. The van der Waals surface area contributed by atoms with E-state index in [0.29, 0.717) is 11.5 Å². The first kappa shape index (κ1) is 28.3. The molecule has 34 heavy (non-hydrogen) atoms. The summed E-state index contributed by atoms with van der Waals surface area (Å²) in [5, 5.41) is 0.687. The van der Waals surface area contributed by atoms with Crippen molar-refractivity contribution in [2.24, 2.45) is 4.99 Å². The van der Waals surface area contributed by atoms with Crippen LogP contribution in [0.25, 0.3) is 6.08 Å². The third-order valence-electron chi connectivity index (χ3n) is 4.18. The van der Waals surface area contributed by atoms with Crippen molar-refractivity contribution in [3.63, 3.8) is 0 Å². The van der Waals surface area contributed by atoms with Crippen LogP contribution in [-0.4, -0.2) is 26.5 Å². The number of nitrogens with zero attached hydrogens (tertiary/aromatic N) is 1. The van der Waals surface area contributed by atoms with Crippen molar-refractivity contribution in [2.75, 3.05) is 10.5 Å². The summed E-state index contributed by atoms with van der Waals surface area (Å²) < 4.78 is 33.2. The number of para-hydroxylation sites is 1. The summed E-state index contributed by atoms with van der Waals surface area (Å²) in [6, 6.07) is 10.3. The van der Waals surface area contributed by atoms with Gasteiger partial charge in [0.1, 0.15) is 11.9 Å². The highest BCUT2D eigenvalue weighted by molar-refractivity contribution is 7.92. The van der Waals surface area contributed by atoms with Gasteiger partial charge in [-0.2, -0.15) is 0 Å². The number of anilines is 1. The summed E-state index contributed by atoms with van der Waals surface area (Å²) >= 11 is 24.6. The molecule has 0 aromatic heterocycles. The van der Waals surface area contributed by atoms with Gasteiger partial charge in [0.2, 0.25) is 10.0 Å². The monoisotopic (exact) mass is 560 g/mol. The minimum Gasteiger partial charge on any atom is -0.482 e. The number of hydrogen-bond donors (Lipinski definition) is 1.